The third kappa shape index (κ3) is 3.49. The largest absolute Gasteiger partial charge is 0.465 e. The topological polar surface area (TPSA) is 91.5 Å². The molecule has 0 bridgehead atoms. The first kappa shape index (κ1) is 13.5. The number of ether oxygens (including phenoxy) is 2. The van der Waals surface area contributed by atoms with Crippen molar-refractivity contribution in [2.45, 2.75) is 6.92 Å². The summed E-state index contributed by atoms with van der Waals surface area (Å²) in [5.41, 5.74) is 6.05. The lowest BCUT2D eigenvalue weighted by Crippen LogP contribution is -2.05. The van der Waals surface area contributed by atoms with Gasteiger partial charge in [0.25, 0.3) is 0 Å². The van der Waals surface area contributed by atoms with Gasteiger partial charge < -0.3 is 15.2 Å². The molecule has 94 valence electrons. The Labute approximate surface area is 104 Å². The third-order valence-corrected chi connectivity index (χ3v) is 1.91. The van der Waals surface area contributed by atoms with Gasteiger partial charge in [-0.2, -0.15) is 0 Å². The van der Waals surface area contributed by atoms with Gasteiger partial charge in [0.1, 0.15) is 5.82 Å². The zero-order valence-electron chi connectivity index (χ0n) is 10.0. The number of hydrogen-bond acceptors (Lipinski definition) is 6. The zero-order chi connectivity index (χ0) is 13.5. The van der Waals surface area contributed by atoms with E-state index in [4.69, 9.17) is 5.73 Å². The smallest absolute Gasteiger partial charge is 0.384 e. The molecule has 0 aliphatic rings. The van der Waals surface area contributed by atoms with Crippen molar-refractivity contribution in [3.63, 3.8) is 0 Å². The monoisotopic (exact) mass is 248 g/mol. The van der Waals surface area contributed by atoms with Crippen LogP contribution in [0.15, 0.2) is 12.3 Å². The van der Waals surface area contributed by atoms with E-state index in [1.807, 2.05) is 0 Å². The summed E-state index contributed by atoms with van der Waals surface area (Å²) in [5, 5.41) is 0. The standard InChI is InChI=1S/C12H12N2O4/c1-3-18-10(15)5-4-8-6-9(12(16)17-2)7-14-11(8)13/h6-7H,3H2,1-2H3,(H2,13,14). The summed E-state index contributed by atoms with van der Waals surface area (Å²) in [6, 6.07) is 1.40. The highest BCUT2D eigenvalue weighted by Crippen LogP contribution is 2.10. The summed E-state index contributed by atoms with van der Waals surface area (Å²) in [5.74, 6) is 3.64. The van der Waals surface area contributed by atoms with Crippen LogP contribution in [0.5, 0.6) is 0 Å². The van der Waals surface area contributed by atoms with E-state index in [-0.39, 0.29) is 23.6 Å². The quantitative estimate of drug-likeness (QED) is 0.600. The number of nitrogens with zero attached hydrogens (tertiary/aromatic N) is 1. The highest BCUT2D eigenvalue weighted by molar-refractivity contribution is 5.91. The van der Waals surface area contributed by atoms with E-state index >= 15 is 0 Å². The highest BCUT2D eigenvalue weighted by atomic mass is 16.5. The van der Waals surface area contributed by atoms with Crippen LogP contribution < -0.4 is 5.73 Å². The van der Waals surface area contributed by atoms with Crippen molar-refractivity contribution >= 4 is 17.8 Å². The fourth-order valence-corrected chi connectivity index (χ4v) is 1.09. The lowest BCUT2D eigenvalue weighted by atomic mass is 10.2. The number of nitrogens with two attached hydrogens (primary N) is 1. The Morgan fingerprint density at radius 3 is 2.83 bits per heavy atom. The number of pyridine rings is 1. The minimum atomic E-state index is -0.666. The van der Waals surface area contributed by atoms with Gasteiger partial charge in [0, 0.05) is 12.1 Å². The number of carbonyl (C=O) groups is 2. The van der Waals surface area contributed by atoms with Gasteiger partial charge in [0.05, 0.1) is 24.8 Å². The maximum atomic E-state index is 11.3. The predicted molar refractivity (Wildman–Crippen MR) is 63.5 cm³/mol. The molecule has 0 unspecified atom stereocenters. The van der Waals surface area contributed by atoms with E-state index in [0.29, 0.717) is 0 Å². The van der Waals surface area contributed by atoms with E-state index in [1.54, 1.807) is 6.92 Å². The molecule has 6 heteroatoms. The summed E-state index contributed by atoms with van der Waals surface area (Å²) >= 11 is 0. The summed E-state index contributed by atoms with van der Waals surface area (Å²) in [7, 11) is 1.25. The van der Waals surface area contributed by atoms with Crippen molar-refractivity contribution < 1.29 is 19.1 Å². The molecule has 0 saturated heterocycles. The van der Waals surface area contributed by atoms with Crippen LogP contribution in [0.1, 0.15) is 22.8 Å². The zero-order valence-corrected chi connectivity index (χ0v) is 10.0. The second-order valence-electron chi connectivity index (χ2n) is 3.12. The SMILES string of the molecule is CCOC(=O)C#Cc1cc(C(=O)OC)cnc1N. The van der Waals surface area contributed by atoms with E-state index < -0.39 is 11.9 Å². The molecule has 2 N–H and O–H groups in total. The summed E-state index contributed by atoms with van der Waals surface area (Å²) < 4.78 is 9.17. The molecule has 0 saturated carbocycles. The number of nitrogen functional groups attached to an aromatic ring is 1. The second kappa shape index (κ2) is 6.25. The molecule has 18 heavy (non-hydrogen) atoms. The number of aromatic nitrogens is 1. The molecule has 0 spiro atoms. The van der Waals surface area contributed by atoms with Gasteiger partial charge in [0.15, 0.2) is 0 Å². The minimum Gasteiger partial charge on any atom is -0.465 e. The fraction of sp³-hybridized carbons (Fsp3) is 0.250. The van der Waals surface area contributed by atoms with Gasteiger partial charge in [0.2, 0.25) is 0 Å². The van der Waals surface area contributed by atoms with Crippen molar-refractivity contribution in [2.75, 3.05) is 19.5 Å². The molecular formula is C12H12N2O4. The van der Waals surface area contributed by atoms with E-state index in [9.17, 15) is 9.59 Å². The van der Waals surface area contributed by atoms with Crippen LogP contribution in [0, 0.1) is 11.8 Å². The van der Waals surface area contributed by atoms with Gasteiger partial charge in [-0.25, -0.2) is 14.6 Å². The van der Waals surface area contributed by atoms with Crippen LogP contribution in [0.2, 0.25) is 0 Å². The number of anilines is 1. The van der Waals surface area contributed by atoms with Crippen LogP contribution in [-0.4, -0.2) is 30.6 Å². The molecule has 0 atom stereocenters. The predicted octanol–water partition coefficient (Wildman–Crippen LogP) is 0.365. The van der Waals surface area contributed by atoms with E-state index in [1.165, 1.54) is 19.4 Å². The van der Waals surface area contributed by atoms with Gasteiger partial charge in [-0.3, -0.25) is 0 Å². The lowest BCUT2D eigenvalue weighted by molar-refractivity contribution is -0.136. The number of carbonyl (C=O) groups excluding carboxylic acids is 2. The molecule has 0 radical (unpaired) electrons. The molecule has 0 aromatic carbocycles. The first-order valence-electron chi connectivity index (χ1n) is 5.11. The van der Waals surface area contributed by atoms with Crippen LogP contribution >= 0.6 is 0 Å². The van der Waals surface area contributed by atoms with Crippen molar-refractivity contribution in [2.24, 2.45) is 0 Å². The van der Waals surface area contributed by atoms with Crippen LogP contribution in [0.25, 0.3) is 0 Å². The van der Waals surface area contributed by atoms with Crippen LogP contribution in [0.4, 0.5) is 5.82 Å². The second-order valence-corrected chi connectivity index (χ2v) is 3.12. The van der Waals surface area contributed by atoms with Crippen molar-refractivity contribution in [3.05, 3.63) is 23.4 Å². The molecule has 0 amide bonds. The molecule has 1 aromatic heterocycles. The summed E-state index contributed by atoms with van der Waals surface area (Å²) in [6.45, 7) is 1.91. The molecule has 6 nitrogen and oxygen atoms in total. The van der Waals surface area contributed by atoms with Gasteiger partial charge in [-0.1, -0.05) is 5.92 Å². The van der Waals surface area contributed by atoms with Crippen molar-refractivity contribution in [1.29, 1.82) is 0 Å². The molecule has 1 heterocycles. The molecule has 0 aliphatic heterocycles. The maximum Gasteiger partial charge on any atom is 0.384 e. The minimum absolute atomic E-state index is 0.124. The van der Waals surface area contributed by atoms with Crippen molar-refractivity contribution in [1.82, 2.24) is 4.98 Å². The molecule has 1 rings (SSSR count). The van der Waals surface area contributed by atoms with E-state index in [2.05, 4.69) is 26.3 Å². The Morgan fingerprint density at radius 1 is 1.50 bits per heavy atom. The van der Waals surface area contributed by atoms with Crippen molar-refractivity contribution in [3.8, 4) is 11.8 Å². The van der Waals surface area contributed by atoms with Gasteiger partial charge in [-0.15, -0.1) is 0 Å². The normalized spacial score (nSPS) is 9.00. The third-order valence-electron chi connectivity index (χ3n) is 1.91. The summed E-state index contributed by atoms with van der Waals surface area (Å²) in [6.07, 6.45) is 1.27. The molecule has 0 aliphatic carbocycles. The Hall–Kier alpha value is -2.55. The van der Waals surface area contributed by atoms with E-state index in [0.717, 1.165) is 0 Å². The van der Waals surface area contributed by atoms with Gasteiger partial charge in [-0.05, 0) is 13.0 Å². The molecule has 1 aromatic rings. The molecule has 0 fully saturated rings. The first-order valence-corrected chi connectivity index (χ1v) is 5.11. The van der Waals surface area contributed by atoms with Gasteiger partial charge >= 0.3 is 11.9 Å². The Balaban J connectivity index is 3.01. The van der Waals surface area contributed by atoms with Crippen LogP contribution in [0.3, 0.4) is 0 Å². The number of hydrogen-bond donors (Lipinski definition) is 1. The Bertz CT molecular complexity index is 529. The molecular weight excluding hydrogens is 236 g/mol. The average molecular weight is 248 g/mol. The number of esters is 2. The Kier molecular flexibility index (Phi) is 4.69. The highest BCUT2D eigenvalue weighted by Gasteiger charge is 2.08. The summed E-state index contributed by atoms with van der Waals surface area (Å²) in [4.78, 5) is 26.1. The lowest BCUT2D eigenvalue weighted by Gasteiger charge is -2.01. The number of methoxy groups -OCH3 is 1. The maximum absolute atomic E-state index is 11.3. The first-order chi connectivity index (χ1) is 8.58. The fourth-order valence-electron chi connectivity index (χ4n) is 1.09. The Morgan fingerprint density at radius 2 is 2.22 bits per heavy atom. The number of rotatable bonds is 2. The average Bonchev–Trinajstić information content (AvgIpc) is 2.37. The van der Waals surface area contributed by atoms with Crippen LogP contribution in [-0.2, 0) is 14.3 Å².